The van der Waals surface area contributed by atoms with Crippen molar-refractivity contribution in [3.05, 3.63) is 23.4 Å². The lowest BCUT2D eigenvalue weighted by Crippen LogP contribution is -2.47. The largest absolute Gasteiger partial charge is 0.372 e. The van der Waals surface area contributed by atoms with Crippen molar-refractivity contribution in [2.75, 3.05) is 45.6 Å². The van der Waals surface area contributed by atoms with Crippen molar-refractivity contribution in [3.8, 4) is 0 Å². The number of carbonyl (C=O) groups excluding carboxylic acids is 1. The van der Waals surface area contributed by atoms with E-state index in [1.165, 1.54) is 5.70 Å². The van der Waals surface area contributed by atoms with Crippen LogP contribution < -0.4 is 0 Å². The summed E-state index contributed by atoms with van der Waals surface area (Å²) in [6, 6.07) is 0. The van der Waals surface area contributed by atoms with E-state index in [0.717, 1.165) is 56.5 Å². The minimum Gasteiger partial charge on any atom is -0.372 e. The standard InChI is InChI=1S/C18H30N2O4S/c1-14(2)16-12-17(15(3)18(21)13-16)20-9-7-19(8-10-20)6-5-11-24-25(4,22)23/h16H,1,5-13H2,2-4H3. The fourth-order valence-corrected chi connectivity index (χ4v) is 3.87. The molecule has 0 bridgehead atoms. The number of piperazine rings is 1. The minimum absolute atomic E-state index is 0.234. The minimum atomic E-state index is -3.35. The van der Waals surface area contributed by atoms with E-state index in [9.17, 15) is 13.2 Å². The Morgan fingerprint density at radius 2 is 1.88 bits per heavy atom. The third-order valence-corrected chi connectivity index (χ3v) is 5.68. The monoisotopic (exact) mass is 370 g/mol. The molecule has 2 aliphatic rings. The van der Waals surface area contributed by atoms with E-state index in [1.54, 1.807) is 0 Å². The van der Waals surface area contributed by atoms with E-state index in [1.807, 2.05) is 13.8 Å². The van der Waals surface area contributed by atoms with Crippen molar-refractivity contribution in [2.24, 2.45) is 5.92 Å². The Labute approximate surface area is 151 Å². The van der Waals surface area contributed by atoms with Gasteiger partial charge in [0.2, 0.25) is 0 Å². The van der Waals surface area contributed by atoms with Crippen LogP contribution in [0.4, 0.5) is 0 Å². The molecule has 2 rings (SSSR count). The van der Waals surface area contributed by atoms with Crippen LogP contribution in [0.15, 0.2) is 23.4 Å². The van der Waals surface area contributed by atoms with Gasteiger partial charge < -0.3 is 4.90 Å². The lowest BCUT2D eigenvalue weighted by molar-refractivity contribution is -0.116. The summed E-state index contributed by atoms with van der Waals surface area (Å²) in [7, 11) is -3.35. The van der Waals surface area contributed by atoms with Crippen LogP contribution in [0, 0.1) is 5.92 Å². The molecule has 0 N–H and O–H groups in total. The van der Waals surface area contributed by atoms with Crippen LogP contribution in [0.5, 0.6) is 0 Å². The fraction of sp³-hybridized carbons (Fsp3) is 0.722. The quantitative estimate of drug-likeness (QED) is 0.387. The number of ketones is 1. The number of nitrogens with zero attached hydrogens (tertiary/aromatic N) is 2. The first-order valence-corrected chi connectivity index (χ1v) is 10.7. The third-order valence-electron chi connectivity index (χ3n) is 5.09. The molecule has 0 saturated carbocycles. The number of allylic oxidation sites excluding steroid dienone is 3. The first-order chi connectivity index (χ1) is 11.7. The molecule has 0 aromatic heterocycles. The Morgan fingerprint density at radius 3 is 2.44 bits per heavy atom. The molecule has 25 heavy (non-hydrogen) atoms. The molecule has 1 fully saturated rings. The number of hydrogen-bond donors (Lipinski definition) is 0. The van der Waals surface area contributed by atoms with Gasteiger partial charge in [-0.25, -0.2) is 0 Å². The molecular formula is C18H30N2O4S. The summed E-state index contributed by atoms with van der Waals surface area (Å²) < 4.78 is 26.7. The predicted octanol–water partition coefficient (Wildman–Crippen LogP) is 1.80. The number of rotatable bonds is 7. The highest BCUT2D eigenvalue weighted by atomic mass is 32.2. The summed E-state index contributed by atoms with van der Waals surface area (Å²) in [6.45, 7) is 12.7. The molecule has 142 valence electrons. The molecule has 1 heterocycles. The second-order valence-corrected chi connectivity index (χ2v) is 8.80. The van der Waals surface area contributed by atoms with Crippen molar-refractivity contribution in [2.45, 2.75) is 33.1 Å². The van der Waals surface area contributed by atoms with Crippen LogP contribution in [0.1, 0.15) is 33.1 Å². The zero-order valence-corrected chi connectivity index (χ0v) is 16.4. The van der Waals surface area contributed by atoms with Crippen molar-refractivity contribution >= 4 is 15.9 Å². The molecule has 1 aliphatic carbocycles. The highest BCUT2D eigenvalue weighted by Gasteiger charge is 2.29. The summed E-state index contributed by atoms with van der Waals surface area (Å²) in [5.74, 6) is 0.506. The number of carbonyl (C=O) groups is 1. The molecule has 1 saturated heterocycles. The Morgan fingerprint density at radius 1 is 1.24 bits per heavy atom. The maximum atomic E-state index is 12.3. The van der Waals surface area contributed by atoms with Crippen molar-refractivity contribution < 1.29 is 17.4 Å². The molecule has 0 aromatic carbocycles. The lowest BCUT2D eigenvalue weighted by Gasteiger charge is -2.40. The zero-order chi connectivity index (χ0) is 18.6. The first kappa shape index (κ1) is 20.1. The van der Waals surface area contributed by atoms with Crippen molar-refractivity contribution in [3.63, 3.8) is 0 Å². The summed E-state index contributed by atoms with van der Waals surface area (Å²) in [6.07, 6.45) is 3.27. The second kappa shape index (κ2) is 8.47. The van der Waals surface area contributed by atoms with E-state index in [4.69, 9.17) is 4.18 Å². The molecular weight excluding hydrogens is 340 g/mol. The number of hydrogen-bond acceptors (Lipinski definition) is 6. The molecule has 1 atom stereocenters. The van der Waals surface area contributed by atoms with Crippen molar-refractivity contribution in [1.29, 1.82) is 0 Å². The van der Waals surface area contributed by atoms with Gasteiger partial charge in [0.15, 0.2) is 5.78 Å². The summed E-state index contributed by atoms with van der Waals surface area (Å²) in [5.41, 5.74) is 3.18. The van der Waals surface area contributed by atoms with Crippen LogP contribution in [-0.4, -0.2) is 69.6 Å². The SMILES string of the molecule is C=C(C)C1CC(=O)C(C)=C(N2CCN(CCCOS(C)(=O)=O)CC2)C1. The Kier molecular flexibility index (Phi) is 6.82. The van der Waals surface area contributed by atoms with Crippen LogP contribution >= 0.6 is 0 Å². The van der Waals surface area contributed by atoms with Gasteiger partial charge in [-0.2, -0.15) is 8.42 Å². The second-order valence-electron chi connectivity index (χ2n) is 7.15. The molecule has 0 radical (unpaired) electrons. The Hall–Kier alpha value is -1.18. The van der Waals surface area contributed by atoms with Gasteiger partial charge in [0, 0.05) is 50.4 Å². The summed E-state index contributed by atoms with van der Waals surface area (Å²) >= 11 is 0. The normalized spacial score (nSPS) is 23.2. The van der Waals surface area contributed by atoms with Gasteiger partial charge in [0.05, 0.1) is 12.9 Å². The molecule has 0 aromatic rings. The van der Waals surface area contributed by atoms with Gasteiger partial charge >= 0.3 is 0 Å². The topological polar surface area (TPSA) is 66.9 Å². The van der Waals surface area contributed by atoms with Gasteiger partial charge in [-0.05, 0) is 32.6 Å². The van der Waals surface area contributed by atoms with Crippen LogP contribution in [-0.2, 0) is 19.1 Å². The molecule has 1 unspecified atom stereocenters. The average molecular weight is 371 g/mol. The lowest BCUT2D eigenvalue weighted by atomic mass is 9.82. The fourth-order valence-electron chi connectivity index (χ4n) is 3.45. The first-order valence-electron chi connectivity index (χ1n) is 8.87. The summed E-state index contributed by atoms with van der Waals surface area (Å²) in [4.78, 5) is 16.9. The zero-order valence-electron chi connectivity index (χ0n) is 15.6. The van der Waals surface area contributed by atoms with Gasteiger partial charge in [-0.1, -0.05) is 12.2 Å². The smallest absolute Gasteiger partial charge is 0.264 e. The van der Waals surface area contributed by atoms with E-state index in [-0.39, 0.29) is 18.3 Å². The average Bonchev–Trinajstić information content (AvgIpc) is 2.53. The van der Waals surface area contributed by atoms with E-state index in [2.05, 4.69) is 16.4 Å². The maximum absolute atomic E-state index is 12.3. The molecule has 7 heteroatoms. The van der Waals surface area contributed by atoms with Crippen molar-refractivity contribution in [1.82, 2.24) is 9.80 Å². The van der Waals surface area contributed by atoms with Crippen LogP contribution in [0.3, 0.4) is 0 Å². The Balaban J connectivity index is 1.84. The molecule has 6 nitrogen and oxygen atoms in total. The maximum Gasteiger partial charge on any atom is 0.264 e. The van der Waals surface area contributed by atoms with Crippen LogP contribution in [0.25, 0.3) is 0 Å². The van der Waals surface area contributed by atoms with Gasteiger partial charge in [-0.3, -0.25) is 13.9 Å². The summed E-state index contributed by atoms with van der Waals surface area (Å²) in [5, 5.41) is 0. The molecule has 0 amide bonds. The highest BCUT2D eigenvalue weighted by Crippen LogP contribution is 2.33. The highest BCUT2D eigenvalue weighted by molar-refractivity contribution is 7.85. The van der Waals surface area contributed by atoms with Gasteiger partial charge in [-0.15, -0.1) is 0 Å². The third kappa shape index (κ3) is 5.94. The van der Waals surface area contributed by atoms with Crippen LogP contribution in [0.2, 0.25) is 0 Å². The van der Waals surface area contributed by atoms with Gasteiger partial charge in [0.25, 0.3) is 10.1 Å². The Bertz CT molecular complexity index is 646. The van der Waals surface area contributed by atoms with E-state index in [0.29, 0.717) is 12.8 Å². The van der Waals surface area contributed by atoms with E-state index < -0.39 is 10.1 Å². The molecule has 1 aliphatic heterocycles. The number of Topliss-reactive ketones (excluding diaryl/α,β-unsaturated/α-hetero) is 1. The van der Waals surface area contributed by atoms with Gasteiger partial charge in [0.1, 0.15) is 0 Å². The predicted molar refractivity (Wildman–Crippen MR) is 98.7 cm³/mol. The van der Waals surface area contributed by atoms with E-state index >= 15 is 0 Å². The molecule has 0 spiro atoms.